The molecule has 1 aliphatic heterocycles. The fourth-order valence-electron chi connectivity index (χ4n) is 2.86. The highest BCUT2D eigenvalue weighted by Gasteiger charge is 2.19. The first-order chi connectivity index (χ1) is 11.6. The molecule has 1 fully saturated rings. The van der Waals surface area contributed by atoms with E-state index in [0.29, 0.717) is 17.5 Å². The molecule has 2 atom stereocenters. The first kappa shape index (κ1) is 22.5. The second-order valence-corrected chi connectivity index (χ2v) is 6.52. The van der Waals surface area contributed by atoms with E-state index in [2.05, 4.69) is 24.2 Å². The van der Waals surface area contributed by atoms with Crippen molar-refractivity contribution in [3.05, 3.63) is 34.9 Å². The quantitative estimate of drug-likeness (QED) is 0.367. The van der Waals surface area contributed by atoms with Crippen LogP contribution in [0.5, 0.6) is 0 Å². The lowest BCUT2D eigenvalue weighted by atomic mass is 10.1. The first-order valence-corrected chi connectivity index (χ1v) is 8.87. The maximum Gasteiger partial charge on any atom is 0.193 e. The van der Waals surface area contributed by atoms with Crippen molar-refractivity contribution < 1.29 is 9.47 Å². The second kappa shape index (κ2) is 11.9. The number of halogens is 2. The van der Waals surface area contributed by atoms with Gasteiger partial charge in [0.2, 0.25) is 0 Å². The summed E-state index contributed by atoms with van der Waals surface area (Å²) in [5.74, 6) is 1.47. The third-order valence-electron chi connectivity index (χ3n) is 4.16. The Morgan fingerprint density at radius 2 is 2.32 bits per heavy atom. The standard InChI is InChI=1S/C18H28ClN3O2.HI/c1-4-20-18(22(2)12-14-8-9-24-13-14)21-11-17(23-3)15-6-5-7-16(19)10-15;/h5-7,10,14,17H,4,8-9,11-13H2,1-3H3,(H,20,21);1H. The van der Waals surface area contributed by atoms with Gasteiger partial charge in [-0.25, -0.2) is 0 Å². The summed E-state index contributed by atoms with van der Waals surface area (Å²) in [6.45, 7) is 6.11. The summed E-state index contributed by atoms with van der Waals surface area (Å²) in [4.78, 5) is 6.93. The number of aliphatic imine (C=N–C) groups is 1. The molecule has 0 saturated carbocycles. The Bertz CT molecular complexity index is 539. The van der Waals surface area contributed by atoms with Gasteiger partial charge in [-0.15, -0.1) is 24.0 Å². The number of benzene rings is 1. The van der Waals surface area contributed by atoms with Crippen LogP contribution in [0.25, 0.3) is 0 Å². The first-order valence-electron chi connectivity index (χ1n) is 8.49. The van der Waals surface area contributed by atoms with Gasteiger partial charge in [0.05, 0.1) is 13.2 Å². The number of ether oxygens (including phenoxy) is 2. The van der Waals surface area contributed by atoms with Crippen LogP contribution in [-0.4, -0.2) is 57.9 Å². The predicted octanol–water partition coefficient (Wildman–Crippen LogP) is 3.58. The summed E-state index contributed by atoms with van der Waals surface area (Å²) < 4.78 is 11.1. The van der Waals surface area contributed by atoms with Gasteiger partial charge in [0.15, 0.2) is 5.96 Å². The summed E-state index contributed by atoms with van der Waals surface area (Å²) >= 11 is 6.08. The Labute approximate surface area is 173 Å². The largest absolute Gasteiger partial charge is 0.381 e. The van der Waals surface area contributed by atoms with Crippen LogP contribution in [0, 0.1) is 5.92 Å². The van der Waals surface area contributed by atoms with Gasteiger partial charge in [-0.05, 0) is 31.0 Å². The monoisotopic (exact) mass is 481 g/mol. The highest BCUT2D eigenvalue weighted by atomic mass is 127. The molecule has 2 unspecified atom stereocenters. The highest BCUT2D eigenvalue weighted by molar-refractivity contribution is 14.0. The Morgan fingerprint density at radius 3 is 2.92 bits per heavy atom. The molecule has 0 radical (unpaired) electrons. The van der Waals surface area contributed by atoms with Crippen LogP contribution in [-0.2, 0) is 9.47 Å². The molecule has 0 aromatic heterocycles. The maximum absolute atomic E-state index is 6.08. The fraction of sp³-hybridized carbons (Fsp3) is 0.611. The van der Waals surface area contributed by atoms with Crippen LogP contribution in [0.1, 0.15) is 25.0 Å². The lowest BCUT2D eigenvalue weighted by molar-refractivity contribution is 0.110. The van der Waals surface area contributed by atoms with E-state index in [1.807, 2.05) is 24.3 Å². The van der Waals surface area contributed by atoms with Gasteiger partial charge in [0.1, 0.15) is 6.10 Å². The van der Waals surface area contributed by atoms with Gasteiger partial charge >= 0.3 is 0 Å². The van der Waals surface area contributed by atoms with E-state index >= 15 is 0 Å². The highest BCUT2D eigenvalue weighted by Crippen LogP contribution is 2.21. The number of nitrogens with zero attached hydrogens (tertiary/aromatic N) is 2. The Kier molecular flexibility index (Phi) is 10.7. The van der Waals surface area contributed by atoms with Crippen molar-refractivity contribution in [2.45, 2.75) is 19.4 Å². The lowest BCUT2D eigenvalue weighted by Crippen LogP contribution is -2.41. The van der Waals surface area contributed by atoms with Crippen molar-refractivity contribution in [2.24, 2.45) is 10.9 Å². The molecule has 0 bridgehead atoms. The van der Waals surface area contributed by atoms with Gasteiger partial charge in [-0.3, -0.25) is 4.99 Å². The minimum Gasteiger partial charge on any atom is -0.381 e. The van der Waals surface area contributed by atoms with E-state index < -0.39 is 0 Å². The van der Waals surface area contributed by atoms with Crippen molar-refractivity contribution in [1.29, 1.82) is 0 Å². The van der Waals surface area contributed by atoms with Crippen molar-refractivity contribution in [3.63, 3.8) is 0 Å². The van der Waals surface area contributed by atoms with Gasteiger partial charge in [-0.1, -0.05) is 23.7 Å². The number of hydrogen-bond donors (Lipinski definition) is 1. The van der Waals surface area contributed by atoms with Gasteiger partial charge < -0.3 is 19.7 Å². The molecule has 1 aromatic rings. The molecule has 7 heteroatoms. The van der Waals surface area contributed by atoms with Crippen LogP contribution in [0.3, 0.4) is 0 Å². The Hall–Kier alpha value is -0.570. The molecule has 1 N–H and O–H groups in total. The molecule has 0 spiro atoms. The molecule has 0 amide bonds. The van der Waals surface area contributed by atoms with Gasteiger partial charge in [0, 0.05) is 44.8 Å². The summed E-state index contributed by atoms with van der Waals surface area (Å²) in [6.07, 6.45) is 1.01. The van der Waals surface area contributed by atoms with E-state index in [4.69, 9.17) is 26.1 Å². The SMILES string of the molecule is CCNC(=NCC(OC)c1cccc(Cl)c1)N(C)CC1CCOC1.I. The molecule has 1 aromatic carbocycles. The van der Waals surface area contributed by atoms with Crippen molar-refractivity contribution >= 4 is 41.5 Å². The Balaban J connectivity index is 0.00000312. The minimum absolute atomic E-state index is 0. The zero-order valence-electron chi connectivity index (χ0n) is 15.2. The van der Waals surface area contributed by atoms with Crippen molar-refractivity contribution in [1.82, 2.24) is 10.2 Å². The maximum atomic E-state index is 6.08. The van der Waals surface area contributed by atoms with Crippen LogP contribution in [0.4, 0.5) is 0 Å². The third-order valence-corrected chi connectivity index (χ3v) is 4.40. The summed E-state index contributed by atoms with van der Waals surface area (Å²) in [7, 11) is 3.77. The average Bonchev–Trinajstić information content (AvgIpc) is 3.07. The molecule has 0 aliphatic carbocycles. The van der Waals surface area contributed by atoms with Crippen LogP contribution in [0.15, 0.2) is 29.3 Å². The molecular weight excluding hydrogens is 453 g/mol. The molecule has 25 heavy (non-hydrogen) atoms. The molecular formula is C18H29ClIN3O2. The molecule has 5 nitrogen and oxygen atoms in total. The summed E-state index contributed by atoms with van der Waals surface area (Å²) in [5.41, 5.74) is 1.04. The molecule has 142 valence electrons. The van der Waals surface area contributed by atoms with E-state index in [1.165, 1.54) is 0 Å². The summed E-state index contributed by atoms with van der Waals surface area (Å²) in [6, 6.07) is 7.74. The van der Waals surface area contributed by atoms with Gasteiger partial charge in [-0.2, -0.15) is 0 Å². The summed E-state index contributed by atoms with van der Waals surface area (Å²) in [5, 5.41) is 4.06. The predicted molar refractivity (Wildman–Crippen MR) is 114 cm³/mol. The number of rotatable bonds is 7. The van der Waals surface area contributed by atoms with E-state index in [-0.39, 0.29) is 30.1 Å². The second-order valence-electron chi connectivity index (χ2n) is 6.08. The molecule has 1 saturated heterocycles. The lowest BCUT2D eigenvalue weighted by Gasteiger charge is -2.25. The van der Waals surface area contributed by atoms with Crippen LogP contribution >= 0.6 is 35.6 Å². The normalized spacial score (nSPS) is 18.6. The molecule has 2 rings (SSSR count). The zero-order chi connectivity index (χ0) is 17.4. The number of hydrogen-bond acceptors (Lipinski definition) is 3. The average molecular weight is 482 g/mol. The van der Waals surface area contributed by atoms with Crippen molar-refractivity contribution in [3.8, 4) is 0 Å². The van der Waals surface area contributed by atoms with Gasteiger partial charge in [0.25, 0.3) is 0 Å². The third kappa shape index (κ3) is 7.29. The fourth-order valence-corrected chi connectivity index (χ4v) is 3.06. The van der Waals surface area contributed by atoms with Crippen LogP contribution in [0.2, 0.25) is 5.02 Å². The number of guanidine groups is 1. The zero-order valence-corrected chi connectivity index (χ0v) is 18.3. The molecule has 1 aliphatic rings. The topological polar surface area (TPSA) is 46.1 Å². The van der Waals surface area contributed by atoms with E-state index in [9.17, 15) is 0 Å². The van der Waals surface area contributed by atoms with E-state index in [1.54, 1.807) is 7.11 Å². The Morgan fingerprint density at radius 1 is 1.52 bits per heavy atom. The van der Waals surface area contributed by atoms with E-state index in [0.717, 1.165) is 44.2 Å². The number of methoxy groups -OCH3 is 1. The molecule has 1 heterocycles. The smallest absolute Gasteiger partial charge is 0.193 e. The minimum atomic E-state index is -0.111. The number of nitrogens with one attached hydrogen (secondary N) is 1. The van der Waals surface area contributed by atoms with Crippen molar-refractivity contribution in [2.75, 3.05) is 47.0 Å². The van der Waals surface area contributed by atoms with Crippen LogP contribution < -0.4 is 5.32 Å².